The fourth-order valence-electron chi connectivity index (χ4n) is 3.57. The van der Waals surface area contributed by atoms with E-state index in [1.807, 2.05) is 0 Å². The van der Waals surface area contributed by atoms with Crippen LogP contribution in [0.3, 0.4) is 0 Å². The average molecular weight is 284 g/mol. The van der Waals surface area contributed by atoms with Gasteiger partial charge < -0.3 is 20.1 Å². The van der Waals surface area contributed by atoms with Crippen LogP contribution in [0.1, 0.15) is 25.7 Å². The van der Waals surface area contributed by atoms with Crippen molar-refractivity contribution in [2.45, 2.75) is 25.7 Å². The quantitative estimate of drug-likeness (QED) is 0.735. The predicted molar refractivity (Wildman–Crippen MR) is 73.4 cm³/mol. The summed E-state index contributed by atoms with van der Waals surface area (Å²) in [6.45, 7) is 1.02. The van der Waals surface area contributed by atoms with Crippen molar-refractivity contribution < 1.29 is 19.4 Å². The van der Waals surface area contributed by atoms with E-state index in [0.29, 0.717) is 25.6 Å². The van der Waals surface area contributed by atoms with Crippen LogP contribution >= 0.6 is 0 Å². The highest BCUT2D eigenvalue weighted by Gasteiger charge is 2.39. The Kier molecular flexibility index (Phi) is 5.23. The molecule has 20 heavy (non-hydrogen) atoms. The first kappa shape index (κ1) is 15.1. The third kappa shape index (κ3) is 3.85. The molecule has 0 heterocycles. The lowest BCUT2D eigenvalue weighted by Crippen LogP contribution is -2.46. The van der Waals surface area contributed by atoms with Gasteiger partial charge in [-0.25, -0.2) is 4.79 Å². The lowest BCUT2D eigenvalue weighted by molar-refractivity contribution is -0.137. The summed E-state index contributed by atoms with van der Waals surface area (Å²) in [4.78, 5) is 24.1. The minimum absolute atomic E-state index is 0.286. The smallest absolute Gasteiger partial charge is 0.323 e. The summed E-state index contributed by atoms with van der Waals surface area (Å²) in [5, 5.41) is 11.7. The maximum absolute atomic E-state index is 12.0. The zero-order valence-corrected chi connectivity index (χ0v) is 12.0. The maximum atomic E-state index is 12.0. The normalized spacial score (nSPS) is 27.6. The Bertz CT molecular complexity index is 361. The molecular formula is C14H24N2O4. The molecule has 2 fully saturated rings. The molecule has 0 aromatic rings. The molecule has 2 saturated carbocycles. The Morgan fingerprint density at radius 3 is 2.70 bits per heavy atom. The molecule has 114 valence electrons. The minimum Gasteiger partial charge on any atom is -0.480 e. The fraction of sp³-hybridized carbons (Fsp3) is 0.857. The van der Waals surface area contributed by atoms with E-state index in [0.717, 1.165) is 11.8 Å². The van der Waals surface area contributed by atoms with Gasteiger partial charge in [0.05, 0.1) is 6.61 Å². The number of methoxy groups -OCH3 is 1. The molecule has 2 amide bonds. The molecule has 2 aliphatic rings. The number of carboxylic acids is 1. The van der Waals surface area contributed by atoms with Gasteiger partial charge in [0, 0.05) is 20.2 Å². The summed E-state index contributed by atoms with van der Waals surface area (Å²) in [6, 6.07) is -0.299. The molecule has 2 rings (SSSR count). The van der Waals surface area contributed by atoms with Crippen LogP contribution in [-0.2, 0) is 9.53 Å². The number of carbonyl (C=O) groups is 2. The molecule has 3 unspecified atom stereocenters. The number of urea groups is 1. The maximum Gasteiger partial charge on any atom is 0.323 e. The van der Waals surface area contributed by atoms with Gasteiger partial charge in [0.25, 0.3) is 0 Å². The first-order valence-electron chi connectivity index (χ1n) is 7.33. The molecule has 2 N–H and O–H groups in total. The van der Waals surface area contributed by atoms with Crippen molar-refractivity contribution in [1.82, 2.24) is 10.2 Å². The van der Waals surface area contributed by atoms with Crippen LogP contribution in [-0.4, -0.2) is 55.4 Å². The summed E-state index contributed by atoms with van der Waals surface area (Å²) >= 11 is 0. The molecule has 0 aromatic heterocycles. The molecule has 0 spiro atoms. The van der Waals surface area contributed by atoms with Gasteiger partial charge in [-0.3, -0.25) is 4.79 Å². The zero-order chi connectivity index (χ0) is 14.5. The molecule has 2 bridgehead atoms. The van der Waals surface area contributed by atoms with Gasteiger partial charge in [-0.15, -0.1) is 0 Å². The number of carbonyl (C=O) groups excluding carboxylic acids is 1. The van der Waals surface area contributed by atoms with Crippen LogP contribution in [0.5, 0.6) is 0 Å². The topological polar surface area (TPSA) is 78.9 Å². The van der Waals surface area contributed by atoms with E-state index >= 15 is 0 Å². The van der Waals surface area contributed by atoms with Crippen LogP contribution in [0.2, 0.25) is 0 Å². The van der Waals surface area contributed by atoms with Crippen molar-refractivity contribution in [3.8, 4) is 0 Å². The van der Waals surface area contributed by atoms with E-state index in [-0.39, 0.29) is 12.6 Å². The van der Waals surface area contributed by atoms with Gasteiger partial charge in [0.15, 0.2) is 0 Å². The number of nitrogens with zero attached hydrogens (tertiary/aromatic N) is 1. The van der Waals surface area contributed by atoms with E-state index in [4.69, 9.17) is 9.84 Å². The number of hydrogen-bond donors (Lipinski definition) is 2. The summed E-state index contributed by atoms with van der Waals surface area (Å²) in [5.74, 6) is 1.18. The number of ether oxygens (including phenoxy) is 1. The molecule has 2 aliphatic carbocycles. The van der Waals surface area contributed by atoms with Crippen LogP contribution in [0.4, 0.5) is 4.79 Å². The Morgan fingerprint density at radius 2 is 2.15 bits per heavy atom. The largest absolute Gasteiger partial charge is 0.480 e. The first-order valence-corrected chi connectivity index (χ1v) is 7.33. The van der Waals surface area contributed by atoms with E-state index in [1.165, 1.54) is 37.7 Å². The standard InChI is InChI=1S/C14H24N2O4/c1-20-5-4-16(9-13(17)18)14(19)15-8-12-7-10-2-3-11(12)6-10/h10-12H,2-9H2,1H3,(H,15,19)(H,17,18). The number of aliphatic carboxylic acids is 1. The van der Waals surface area contributed by atoms with Crippen molar-refractivity contribution in [2.24, 2.45) is 17.8 Å². The number of hydrogen-bond acceptors (Lipinski definition) is 3. The Hall–Kier alpha value is -1.30. The Balaban J connectivity index is 1.77. The molecule has 0 radical (unpaired) electrons. The van der Waals surface area contributed by atoms with Gasteiger partial charge in [-0.05, 0) is 37.0 Å². The fourth-order valence-corrected chi connectivity index (χ4v) is 3.57. The molecule has 0 aromatic carbocycles. The van der Waals surface area contributed by atoms with E-state index in [9.17, 15) is 9.59 Å². The van der Waals surface area contributed by atoms with E-state index in [1.54, 1.807) is 0 Å². The highest BCUT2D eigenvalue weighted by atomic mass is 16.5. The minimum atomic E-state index is -1.00. The van der Waals surface area contributed by atoms with Crippen molar-refractivity contribution in [3.63, 3.8) is 0 Å². The van der Waals surface area contributed by atoms with Crippen molar-refractivity contribution >= 4 is 12.0 Å². The van der Waals surface area contributed by atoms with Crippen molar-refractivity contribution in [2.75, 3.05) is 33.4 Å². The summed E-state index contributed by atoms with van der Waals surface area (Å²) in [6.07, 6.45) is 5.15. The second kappa shape index (κ2) is 6.92. The van der Waals surface area contributed by atoms with Crippen molar-refractivity contribution in [3.05, 3.63) is 0 Å². The number of rotatable bonds is 7. The second-order valence-corrected chi connectivity index (χ2v) is 5.93. The summed E-state index contributed by atoms with van der Waals surface area (Å²) < 4.78 is 4.91. The van der Waals surface area contributed by atoms with Crippen LogP contribution in [0.15, 0.2) is 0 Å². The van der Waals surface area contributed by atoms with E-state index in [2.05, 4.69) is 5.32 Å². The van der Waals surface area contributed by atoms with Gasteiger partial charge in [-0.2, -0.15) is 0 Å². The lowest BCUT2D eigenvalue weighted by Gasteiger charge is -2.25. The third-order valence-corrected chi connectivity index (χ3v) is 4.58. The Labute approximate surface area is 119 Å². The zero-order valence-electron chi connectivity index (χ0n) is 12.0. The molecular weight excluding hydrogens is 260 g/mol. The summed E-state index contributed by atoms with van der Waals surface area (Å²) in [7, 11) is 1.53. The summed E-state index contributed by atoms with van der Waals surface area (Å²) in [5.41, 5.74) is 0. The predicted octanol–water partition coefficient (Wildman–Crippen LogP) is 1.17. The number of amides is 2. The Morgan fingerprint density at radius 1 is 1.35 bits per heavy atom. The molecule has 3 atom stereocenters. The van der Waals surface area contributed by atoms with Crippen LogP contribution in [0, 0.1) is 17.8 Å². The number of fused-ring (bicyclic) bond motifs is 2. The van der Waals surface area contributed by atoms with Crippen molar-refractivity contribution in [1.29, 1.82) is 0 Å². The van der Waals surface area contributed by atoms with Crippen LogP contribution < -0.4 is 5.32 Å². The van der Waals surface area contributed by atoms with Crippen LogP contribution in [0.25, 0.3) is 0 Å². The highest BCUT2D eigenvalue weighted by Crippen LogP contribution is 2.47. The monoisotopic (exact) mass is 284 g/mol. The van der Waals surface area contributed by atoms with Gasteiger partial charge in [-0.1, -0.05) is 6.42 Å². The molecule has 0 saturated heterocycles. The third-order valence-electron chi connectivity index (χ3n) is 4.58. The SMILES string of the molecule is COCCN(CC(=O)O)C(=O)NCC1CC2CCC1C2. The second-order valence-electron chi connectivity index (χ2n) is 5.93. The average Bonchev–Trinajstić information content (AvgIpc) is 3.02. The molecule has 6 heteroatoms. The number of nitrogens with one attached hydrogen (secondary N) is 1. The van der Waals surface area contributed by atoms with Gasteiger partial charge >= 0.3 is 12.0 Å². The molecule has 6 nitrogen and oxygen atoms in total. The van der Waals surface area contributed by atoms with E-state index < -0.39 is 5.97 Å². The van der Waals surface area contributed by atoms with Gasteiger partial charge in [0.2, 0.25) is 0 Å². The molecule has 0 aliphatic heterocycles. The lowest BCUT2D eigenvalue weighted by atomic mass is 9.89. The highest BCUT2D eigenvalue weighted by molar-refractivity contribution is 5.80. The van der Waals surface area contributed by atoms with Gasteiger partial charge in [0.1, 0.15) is 6.54 Å². The first-order chi connectivity index (χ1) is 9.60. The number of carboxylic acid groups (broad SMARTS) is 1.